The molecule has 0 heterocycles. The lowest BCUT2D eigenvalue weighted by Gasteiger charge is -2.22. The molecule has 0 saturated carbocycles. The lowest BCUT2D eigenvalue weighted by Crippen LogP contribution is -2.44. The highest BCUT2D eigenvalue weighted by molar-refractivity contribution is 9.10. The van der Waals surface area contributed by atoms with E-state index < -0.39 is 17.6 Å². The monoisotopic (exact) mass is 279 g/mol. The van der Waals surface area contributed by atoms with E-state index in [2.05, 4.69) is 21.2 Å². The third-order valence-corrected chi connectivity index (χ3v) is 1.90. The fourth-order valence-electron chi connectivity index (χ4n) is 0.777. The summed E-state index contributed by atoms with van der Waals surface area (Å²) >= 11 is 3.11. The minimum atomic E-state index is -0.628. The standard InChI is InChI=1S/C10H18BrNO3/c1-6(11)8(13)12-7(2)9(14)15-10(3,4)5/h6-7H,1-5H3,(H,12,13)/t6?,7-/m0/s1. The van der Waals surface area contributed by atoms with E-state index in [0.29, 0.717) is 0 Å². The lowest BCUT2D eigenvalue weighted by atomic mass is 10.2. The van der Waals surface area contributed by atoms with E-state index >= 15 is 0 Å². The molecule has 5 heteroatoms. The second kappa shape index (κ2) is 5.49. The maximum absolute atomic E-state index is 11.5. The summed E-state index contributed by atoms with van der Waals surface area (Å²) in [6.07, 6.45) is 0. The molecule has 0 fully saturated rings. The molecule has 0 bridgehead atoms. The molecule has 1 N–H and O–H groups in total. The van der Waals surface area contributed by atoms with Gasteiger partial charge in [0, 0.05) is 0 Å². The number of amides is 1. The number of esters is 1. The Morgan fingerprint density at radius 2 is 1.73 bits per heavy atom. The van der Waals surface area contributed by atoms with E-state index in [1.807, 2.05) is 0 Å². The molecule has 0 aromatic heterocycles. The van der Waals surface area contributed by atoms with Gasteiger partial charge in [0.15, 0.2) is 0 Å². The zero-order chi connectivity index (χ0) is 12.2. The zero-order valence-corrected chi connectivity index (χ0v) is 11.3. The fraction of sp³-hybridized carbons (Fsp3) is 0.800. The Labute approximate surface area is 98.9 Å². The third-order valence-electron chi connectivity index (χ3n) is 1.48. The van der Waals surface area contributed by atoms with Crippen molar-refractivity contribution in [3.05, 3.63) is 0 Å². The van der Waals surface area contributed by atoms with Crippen molar-refractivity contribution in [1.29, 1.82) is 0 Å². The number of ether oxygens (including phenoxy) is 1. The average Bonchev–Trinajstić information content (AvgIpc) is 2.00. The molecule has 0 aromatic rings. The van der Waals surface area contributed by atoms with Gasteiger partial charge in [-0.15, -0.1) is 0 Å². The van der Waals surface area contributed by atoms with Gasteiger partial charge < -0.3 is 10.1 Å². The van der Waals surface area contributed by atoms with E-state index in [1.165, 1.54) is 0 Å². The smallest absolute Gasteiger partial charge is 0.328 e. The molecule has 1 unspecified atom stereocenters. The maximum atomic E-state index is 11.5. The maximum Gasteiger partial charge on any atom is 0.328 e. The van der Waals surface area contributed by atoms with Crippen LogP contribution in [-0.2, 0) is 14.3 Å². The van der Waals surface area contributed by atoms with Gasteiger partial charge in [0.1, 0.15) is 11.6 Å². The van der Waals surface area contributed by atoms with Gasteiger partial charge in [-0.3, -0.25) is 4.79 Å². The second-order valence-corrected chi connectivity index (χ2v) is 5.75. The molecule has 0 aromatic carbocycles. The number of nitrogens with one attached hydrogen (secondary N) is 1. The highest BCUT2D eigenvalue weighted by Gasteiger charge is 2.23. The number of rotatable bonds is 3. The first kappa shape index (κ1) is 14.4. The predicted octanol–water partition coefficient (Wildman–Crippen LogP) is 1.62. The Bertz CT molecular complexity index is 246. The largest absolute Gasteiger partial charge is 0.458 e. The number of halogens is 1. The first-order valence-electron chi connectivity index (χ1n) is 4.81. The van der Waals surface area contributed by atoms with Gasteiger partial charge in [-0.1, -0.05) is 15.9 Å². The van der Waals surface area contributed by atoms with Crippen LogP contribution in [0, 0.1) is 0 Å². The van der Waals surface area contributed by atoms with Crippen LogP contribution in [-0.4, -0.2) is 28.3 Å². The van der Waals surface area contributed by atoms with Crippen LogP contribution in [0.5, 0.6) is 0 Å². The first-order valence-corrected chi connectivity index (χ1v) is 5.72. The van der Waals surface area contributed by atoms with Gasteiger partial charge in [-0.2, -0.15) is 0 Å². The Morgan fingerprint density at radius 1 is 1.27 bits per heavy atom. The summed E-state index contributed by atoms with van der Waals surface area (Å²) in [6.45, 7) is 8.64. The number of alkyl halides is 1. The van der Waals surface area contributed by atoms with Crippen LogP contribution in [0.1, 0.15) is 34.6 Å². The number of hydrogen-bond donors (Lipinski definition) is 1. The van der Waals surface area contributed by atoms with Crippen molar-refractivity contribution in [3.63, 3.8) is 0 Å². The molecule has 0 rings (SSSR count). The van der Waals surface area contributed by atoms with Crippen molar-refractivity contribution in [2.24, 2.45) is 0 Å². The molecule has 15 heavy (non-hydrogen) atoms. The quantitative estimate of drug-likeness (QED) is 0.631. The summed E-state index contributed by atoms with van der Waals surface area (Å²) in [5.41, 5.74) is -0.532. The van der Waals surface area contributed by atoms with Crippen LogP contribution >= 0.6 is 15.9 Å². The molecule has 4 nitrogen and oxygen atoms in total. The minimum Gasteiger partial charge on any atom is -0.458 e. The van der Waals surface area contributed by atoms with Crippen LogP contribution in [0.25, 0.3) is 0 Å². The number of carbonyl (C=O) groups excluding carboxylic acids is 2. The van der Waals surface area contributed by atoms with Gasteiger partial charge >= 0.3 is 5.97 Å². The van der Waals surface area contributed by atoms with Crippen molar-refractivity contribution in [2.45, 2.75) is 51.1 Å². The molecule has 0 aliphatic carbocycles. The fourth-order valence-corrected chi connectivity index (χ4v) is 0.909. The summed E-state index contributed by atoms with van der Waals surface area (Å²) in [7, 11) is 0. The number of hydrogen-bond acceptors (Lipinski definition) is 3. The van der Waals surface area contributed by atoms with E-state index in [4.69, 9.17) is 4.74 Å². The molecule has 88 valence electrons. The first-order chi connectivity index (χ1) is 6.63. The molecular weight excluding hydrogens is 262 g/mol. The number of carbonyl (C=O) groups is 2. The molecular formula is C10H18BrNO3. The Balaban J connectivity index is 4.17. The Kier molecular flexibility index (Phi) is 5.28. The summed E-state index contributed by atoms with van der Waals surface area (Å²) in [4.78, 5) is 22.4. The van der Waals surface area contributed by atoms with Crippen molar-refractivity contribution >= 4 is 27.8 Å². The van der Waals surface area contributed by atoms with Crippen molar-refractivity contribution in [2.75, 3.05) is 0 Å². The third kappa shape index (κ3) is 6.49. The summed E-state index contributed by atoms with van der Waals surface area (Å²) in [6, 6.07) is -0.628. The highest BCUT2D eigenvalue weighted by atomic mass is 79.9. The molecule has 1 amide bonds. The van der Waals surface area contributed by atoms with Gasteiger partial charge in [0.05, 0.1) is 4.83 Å². The highest BCUT2D eigenvalue weighted by Crippen LogP contribution is 2.08. The topological polar surface area (TPSA) is 55.4 Å². The molecule has 0 spiro atoms. The second-order valence-electron chi connectivity index (χ2n) is 4.38. The summed E-state index contributed by atoms with van der Waals surface area (Å²) in [5.74, 6) is -0.655. The normalized spacial score (nSPS) is 15.3. The van der Waals surface area contributed by atoms with Crippen molar-refractivity contribution in [1.82, 2.24) is 5.32 Å². The van der Waals surface area contributed by atoms with E-state index in [-0.39, 0.29) is 10.7 Å². The van der Waals surface area contributed by atoms with Crippen LogP contribution in [0.2, 0.25) is 0 Å². The minimum absolute atomic E-state index is 0.228. The summed E-state index contributed by atoms with van der Waals surface area (Å²) < 4.78 is 5.11. The predicted molar refractivity (Wildman–Crippen MR) is 61.8 cm³/mol. The Hall–Kier alpha value is -0.580. The van der Waals surface area contributed by atoms with Crippen LogP contribution in [0.3, 0.4) is 0 Å². The van der Waals surface area contributed by atoms with E-state index in [0.717, 1.165) is 0 Å². The van der Waals surface area contributed by atoms with Gasteiger partial charge in [-0.05, 0) is 34.6 Å². The molecule has 0 aliphatic heterocycles. The van der Waals surface area contributed by atoms with Crippen molar-refractivity contribution in [3.8, 4) is 0 Å². The SMILES string of the molecule is CC(Br)C(=O)N[C@@H](C)C(=O)OC(C)(C)C. The van der Waals surface area contributed by atoms with Crippen molar-refractivity contribution < 1.29 is 14.3 Å². The van der Waals surface area contributed by atoms with Gasteiger partial charge in [0.25, 0.3) is 0 Å². The zero-order valence-electron chi connectivity index (χ0n) is 9.76. The lowest BCUT2D eigenvalue weighted by molar-refractivity contribution is -0.158. The molecule has 2 atom stereocenters. The van der Waals surface area contributed by atoms with Gasteiger partial charge in [0.2, 0.25) is 5.91 Å². The van der Waals surface area contributed by atoms with E-state index in [1.54, 1.807) is 34.6 Å². The molecule has 0 saturated heterocycles. The average molecular weight is 280 g/mol. The van der Waals surface area contributed by atoms with Crippen LogP contribution < -0.4 is 5.32 Å². The molecule has 0 aliphatic rings. The van der Waals surface area contributed by atoms with Crippen LogP contribution in [0.15, 0.2) is 0 Å². The van der Waals surface area contributed by atoms with Crippen LogP contribution in [0.4, 0.5) is 0 Å². The van der Waals surface area contributed by atoms with E-state index in [9.17, 15) is 9.59 Å². The van der Waals surface area contributed by atoms with Gasteiger partial charge in [-0.25, -0.2) is 4.79 Å². The molecule has 0 radical (unpaired) electrons. The Morgan fingerprint density at radius 3 is 2.07 bits per heavy atom. The summed E-state index contributed by atoms with van der Waals surface area (Å²) in [5, 5.41) is 2.54.